The molecule has 0 aliphatic heterocycles. The zero-order chi connectivity index (χ0) is 26.4. The van der Waals surface area contributed by atoms with E-state index in [1.54, 1.807) is 0 Å². The molecule has 3 heterocycles. The molecular formula is C37H23NO2. The van der Waals surface area contributed by atoms with E-state index in [0.29, 0.717) is 0 Å². The van der Waals surface area contributed by atoms with Gasteiger partial charge in [0, 0.05) is 38.0 Å². The van der Waals surface area contributed by atoms with E-state index < -0.39 is 0 Å². The number of aromatic nitrogens is 1. The number of rotatable bonds is 2. The van der Waals surface area contributed by atoms with Crippen molar-refractivity contribution in [2.24, 2.45) is 0 Å². The number of hydrogen-bond acceptors (Lipinski definition) is 2. The molecule has 9 aromatic rings. The Morgan fingerprint density at radius 3 is 1.77 bits per heavy atom. The minimum atomic E-state index is 0.880. The van der Waals surface area contributed by atoms with Gasteiger partial charge in [-0.1, -0.05) is 60.2 Å². The molecule has 188 valence electrons. The van der Waals surface area contributed by atoms with Gasteiger partial charge in [-0.25, -0.2) is 0 Å². The topological polar surface area (TPSA) is 31.2 Å². The molecule has 0 saturated carbocycles. The summed E-state index contributed by atoms with van der Waals surface area (Å²) in [5, 5.41) is 6.88. The monoisotopic (exact) mass is 513 g/mol. The van der Waals surface area contributed by atoms with E-state index in [0.717, 1.165) is 49.4 Å². The van der Waals surface area contributed by atoms with E-state index in [4.69, 9.17) is 8.83 Å². The molecule has 0 aliphatic rings. The third kappa shape index (κ3) is 3.00. The third-order valence-electron chi connectivity index (χ3n) is 8.24. The summed E-state index contributed by atoms with van der Waals surface area (Å²) in [6, 6.07) is 43.1. The van der Waals surface area contributed by atoms with Crippen LogP contribution in [0.2, 0.25) is 0 Å². The fourth-order valence-corrected chi connectivity index (χ4v) is 6.35. The molecule has 0 amide bonds. The fourth-order valence-electron chi connectivity index (χ4n) is 6.35. The smallest absolute Gasteiger partial charge is 0.136 e. The van der Waals surface area contributed by atoms with Gasteiger partial charge in [0.25, 0.3) is 0 Å². The van der Waals surface area contributed by atoms with Crippen LogP contribution in [0.25, 0.3) is 82.5 Å². The number of fused-ring (bicyclic) bond motifs is 9. The van der Waals surface area contributed by atoms with Gasteiger partial charge >= 0.3 is 0 Å². The molecular weight excluding hydrogens is 490 g/mol. The number of benzene rings is 6. The quantitative estimate of drug-likeness (QED) is 0.230. The fraction of sp³-hybridized carbons (Fsp3) is 0.0270. The third-order valence-corrected chi connectivity index (χ3v) is 8.24. The van der Waals surface area contributed by atoms with Gasteiger partial charge in [-0.05, 0) is 84.8 Å². The first-order valence-electron chi connectivity index (χ1n) is 13.6. The molecule has 6 aromatic carbocycles. The average molecular weight is 514 g/mol. The Balaban J connectivity index is 1.25. The zero-order valence-corrected chi connectivity index (χ0v) is 21.8. The summed E-state index contributed by atoms with van der Waals surface area (Å²) in [4.78, 5) is 0. The second kappa shape index (κ2) is 7.87. The van der Waals surface area contributed by atoms with E-state index in [9.17, 15) is 0 Å². The summed E-state index contributed by atoms with van der Waals surface area (Å²) in [7, 11) is 0. The maximum Gasteiger partial charge on any atom is 0.136 e. The van der Waals surface area contributed by atoms with Gasteiger partial charge in [0.15, 0.2) is 0 Å². The predicted octanol–water partition coefficient (Wildman–Crippen LogP) is 10.6. The van der Waals surface area contributed by atoms with Crippen LogP contribution < -0.4 is 0 Å². The SMILES string of the molecule is Cc1ccc2oc3cc4c(cc3c2c1)oc1ccc(-c2ccc3c(c2)c2ccccc2n3-c2ccccc2)cc14. The lowest BCUT2D eigenvalue weighted by molar-refractivity contribution is 0.664. The van der Waals surface area contributed by atoms with Crippen LogP contribution in [-0.2, 0) is 0 Å². The lowest BCUT2D eigenvalue weighted by atomic mass is 10.0. The van der Waals surface area contributed by atoms with Crippen molar-refractivity contribution in [2.45, 2.75) is 6.92 Å². The Morgan fingerprint density at radius 2 is 1.00 bits per heavy atom. The molecule has 0 aliphatic carbocycles. The maximum atomic E-state index is 6.34. The molecule has 9 rings (SSSR count). The van der Waals surface area contributed by atoms with Crippen LogP contribution in [0.4, 0.5) is 0 Å². The van der Waals surface area contributed by atoms with E-state index in [1.165, 1.54) is 38.6 Å². The van der Waals surface area contributed by atoms with Crippen molar-refractivity contribution in [3.8, 4) is 16.8 Å². The first-order valence-corrected chi connectivity index (χ1v) is 13.6. The van der Waals surface area contributed by atoms with Crippen LogP contribution in [0.5, 0.6) is 0 Å². The van der Waals surface area contributed by atoms with Crippen LogP contribution in [0.1, 0.15) is 5.56 Å². The first-order chi connectivity index (χ1) is 19.7. The van der Waals surface area contributed by atoms with Gasteiger partial charge in [0.2, 0.25) is 0 Å². The van der Waals surface area contributed by atoms with Gasteiger partial charge in [-0.15, -0.1) is 0 Å². The number of para-hydroxylation sites is 2. The Hall–Kier alpha value is -5.28. The highest BCUT2D eigenvalue weighted by atomic mass is 16.3. The standard InChI is InChI=1S/C37H23NO2/c1-22-11-15-34-28(17-22)30-20-37-31(21-36(30)39-34)29-19-24(13-16-35(29)40-37)23-12-14-33-27(18-23)26-9-5-6-10-32(26)38(33)25-7-3-2-4-8-25/h2-21H,1H3. The normalized spacial score (nSPS) is 12.1. The van der Waals surface area contributed by atoms with Crippen molar-refractivity contribution in [1.29, 1.82) is 0 Å². The van der Waals surface area contributed by atoms with Crippen LogP contribution in [0, 0.1) is 6.92 Å². The highest BCUT2D eigenvalue weighted by molar-refractivity contribution is 6.15. The molecule has 3 aromatic heterocycles. The molecule has 0 radical (unpaired) electrons. The first kappa shape index (κ1) is 21.6. The van der Waals surface area contributed by atoms with Crippen molar-refractivity contribution in [3.63, 3.8) is 0 Å². The van der Waals surface area contributed by atoms with E-state index in [1.807, 2.05) is 6.07 Å². The molecule has 3 nitrogen and oxygen atoms in total. The maximum absolute atomic E-state index is 6.34. The lowest BCUT2D eigenvalue weighted by Crippen LogP contribution is -1.92. The number of nitrogens with zero attached hydrogens (tertiary/aromatic N) is 1. The van der Waals surface area contributed by atoms with Crippen molar-refractivity contribution in [3.05, 3.63) is 127 Å². The molecule has 0 unspecified atom stereocenters. The van der Waals surface area contributed by atoms with E-state index in [2.05, 4.69) is 127 Å². The van der Waals surface area contributed by atoms with Crippen LogP contribution >= 0.6 is 0 Å². The predicted molar refractivity (Wildman–Crippen MR) is 166 cm³/mol. The van der Waals surface area contributed by atoms with Crippen molar-refractivity contribution in [1.82, 2.24) is 4.57 Å². The summed E-state index contributed by atoms with van der Waals surface area (Å²) in [6.07, 6.45) is 0. The highest BCUT2D eigenvalue weighted by Gasteiger charge is 2.16. The molecule has 0 N–H and O–H groups in total. The zero-order valence-electron chi connectivity index (χ0n) is 21.8. The Bertz CT molecular complexity index is 2440. The van der Waals surface area contributed by atoms with Gasteiger partial charge in [-0.3, -0.25) is 0 Å². The van der Waals surface area contributed by atoms with E-state index in [-0.39, 0.29) is 0 Å². The van der Waals surface area contributed by atoms with Crippen LogP contribution in [0.3, 0.4) is 0 Å². The van der Waals surface area contributed by atoms with Crippen molar-refractivity contribution < 1.29 is 8.83 Å². The number of aryl methyl sites for hydroxylation is 1. The second-order valence-electron chi connectivity index (χ2n) is 10.7. The molecule has 0 spiro atoms. The van der Waals surface area contributed by atoms with Gasteiger partial charge in [-0.2, -0.15) is 0 Å². The Morgan fingerprint density at radius 1 is 0.425 bits per heavy atom. The average Bonchev–Trinajstić information content (AvgIpc) is 3.64. The minimum Gasteiger partial charge on any atom is -0.456 e. The minimum absolute atomic E-state index is 0.880. The highest BCUT2D eigenvalue weighted by Crippen LogP contribution is 2.39. The summed E-state index contributed by atoms with van der Waals surface area (Å²) in [5.74, 6) is 0. The van der Waals surface area contributed by atoms with Crippen molar-refractivity contribution in [2.75, 3.05) is 0 Å². The largest absolute Gasteiger partial charge is 0.456 e. The van der Waals surface area contributed by atoms with Crippen LogP contribution in [0.15, 0.2) is 130 Å². The van der Waals surface area contributed by atoms with E-state index >= 15 is 0 Å². The number of hydrogen-bond donors (Lipinski definition) is 0. The van der Waals surface area contributed by atoms with Gasteiger partial charge < -0.3 is 13.4 Å². The summed E-state index contributed by atoms with van der Waals surface area (Å²) < 4.78 is 14.9. The molecule has 0 atom stereocenters. The van der Waals surface area contributed by atoms with Crippen molar-refractivity contribution >= 4 is 65.7 Å². The lowest BCUT2D eigenvalue weighted by Gasteiger charge is -2.08. The molecule has 3 heteroatoms. The van der Waals surface area contributed by atoms with Gasteiger partial charge in [0.05, 0.1) is 11.0 Å². The molecule has 0 bridgehead atoms. The Labute approximate surface area is 229 Å². The van der Waals surface area contributed by atoms with Crippen LogP contribution in [-0.4, -0.2) is 4.57 Å². The number of furan rings is 2. The summed E-state index contributed by atoms with van der Waals surface area (Å²) in [5.41, 5.74) is 10.7. The molecule has 0 saturated heterocycles. The molecule has 0 fully saturated rings. The Kier molecular flexibility index (Phi) is 4.26. The summed E-state index contributed by atoms with van der Waals surface area (Å²) >= 11 is 0. The van der Waals surface area contributed by atoms with Gasteiger partial charge in [0.1, 0.15) is 22.3 Å². The molecule has 40 heavy (non-hydrogen) atoms. The second-order valence-corrected chi connectivity index (χ2v) is 10.7. The summed E-state index contributed by atoms with van der Waals surface area (Å²) in [6.45, 7) is 2.11.